The van der Waals surface area contributed by atoms with E-state index in [4.69, 9.17) is 33.0 Å². The third-order valence-electron chi connectivity index (χ3n) is 3.08. The zero-order valence-corrected chi connectivity index (χ0v) is 14.9. The number of benzene rings is 1. The Kier molecular flexibility index (Phi) is 5.31. The minimum atomic E-state index is -0.902. The van der Waals surface area contributed by atoms with E-state index in [9.17, 15) is 4.79 Å². The predicted molar refractivity (Wildman–Crippen MR) is 95.6 cm³/mol. The summed E-state index contributed by atoms with van der Waals surface area (Å²) in [6.45, 7) is 0.442. The van der Waals surface area contributed by atoms with Crippen LogP contribution in [0.4, 0.5) is 0 Å². The van der Waals surface area contributed by atoms with Crippen molar-refractivity contribution in [2.75, 3.05) is 12.4 Å². The van der Waals surface area contributed by atoms with Gasteiger partial charge >= 0.3 is 5.97 Å². The van der Waals surface area contributed by atoms with Crippen molar-refractivity contribution in [3.8, 4) is 5.75 Å². The van der Waals surface area contributed by atoms with Gasteiger partial charge in [0.15, 0.2) is 6.04 Å². The van der Waals surface area contributed by atoms with Gasteiger partial charge in [0.1, 0.15) is 20.6 Å². The number of rotatable bonds is 6. The summed E-state index contributed by atoms with van der Waals surface area (Å²) in [4.78, 5) is 19.3. The first kappa shape index (κ1) is 16.8. The van der Waals surface area contributed by atoms with Crippen LogP contribution >= 0.6 is 46.3 Å². The first-order valence-corrected chi connectivity index (χ1v) is 9.46. The van der Waals surface area contributed by atoms with Crippen LogP contribution in [0.15, 0.2) is 23.2 Å². The molecule has 0 aliphatic carbocycles. The molecule has 0 saturated carbocycles. The van der Waals surface area contributed by atoms with Gasteiger partial charge in [-0.1, -0.05) is 0 Å². The van der Waals surface area contributed by atoms with Crippen molar-refractivity contribution >= 4 is 67.5 Å². The first-order chi connectivity index (χ1) is 11.0. The fourth-order valence-electron chi connectivity index (χ4n) is 1.97. The minimum absolute atomic E-state index is 0.437. The molecule has 0 radical (unpaired) electrons. The number of aliphatic imine (C=N–C) groups is 1. The summed E-state index contributed by atoms with van der Waals surface area (Å²) in [7, 11) is 0. The maximum absolute atomic E-state index is 11.0. The van der Waals surface area contributed by atoms with E-state index in [-0.39, 0.29) is 0 Å². The molecule has 23 heavy (non-hydrogen) atoms. The third-order valence-corrected chi connectivity index (χ3v) is 5.73. The molecule has 0 fully saturated rings. The number of carbonyl (C=O) groups is 1. The van der Waals surface area contributed by atoms with Gasteiger partial charge in [-0.3, -0.25) is 4.99 Å². The Labute approximate surface area is 150 Å². The number of nitrogens with zero attached hydrogens (tertiary/aromatic N) is 2. The second-order valence-electron chi connectivity index (χ2n) is 4.78. The molecule has 1 aliphatic heterocycles. The summed E-state index contributed by atoms with van der Waals surface area (Å²) in [5, 5.41) is 10.4. The number of fused-ring (bicyclic) bond motifs is 1. The second kappa shape index (κ2) is 7.25. The molecule has 1 aromatic heterocycles. The minimum Gasteiger partial charge on any atom is -0.493 e. The molecular weight excluding hydrogens is 379 g/mol. The lowest BCUT2D eigenvalue weighted by Crippen LogP contribution is -2.17. The highest BCUT2D eigenvalue weighted by atomic mass is 35.5. The third kappa shape index (κ3) is 4.09. The molecule has 1 aromatic carbocycles. The Morgan fingerprint density at radius 3 is 3.00 bits per heavy atom. The number of aliphatic carboxylic acids is 1. The highest BCUT2D eigenvalue weighted by molar-refractivity contribution is 8.15. The zero-order valence-electron chi connectivity index (χ0n) is 11.7. The van der Waals surface area contributed by atoms with E-state index in [0.29, 0.717) is 23.8 Å². The van der Waals surface area contributed by atoms with Gasteiger partial charge in [-0.05, 0) is 18.2 Å². The van der Waals surface area contributed by atoms with Crippen molar-refractivity contribution in [3.05, 3.63) is 23.2 Å². The lowest BCUT2D eigenvalue weighted by atomic mass is 10.3. The van der Waals surface area contributed by atoms with Crippen molar-refractivity contribution in [3.63, 3.8) is 0 Å². The topological polar surface area (TPSA) is 71.8 Å². The normalized spacial score (nSPS) is 17.7. The van der Waals surface area contributed by atoms with E-state index in [0.717, 1.165) is 21.0 Å². The molecule has 0 spiro atoms. The lowest BCUT2D eigenvalue weighted by Gasteiger charge is -2.05. The summed E-state index contributed by atoms with van der Waals surface area (Å²) in [6.07, 6.45) is 0.555. The second-order valence-corrected chi connectivity index (χ2v) is 8.09. The number of hydrogen-bond donors (Lipinski definition) is 1. The van der Waals surface area contributed by atoms with E-state index in [2.05, 4.69) is 9.98 Å². The summed E-state index contributed by atoms with van der Waals surface area (Å²) in [5.74, 6) is 0.278. The van der Waals surface area contributed by atoms with Crippen LogP contribution in [0.25, 0.3) is 10.2 Å². The van der Waals surface area contributed by atoms with Crippen molar-refractivity contribution in [1.29, 1.82) is 0 Å². The van der Waals surface area contributed by atoms with Crippen molar-refractivity contribution in [2.45, 2.75) is 17.3 Å². The highest BCUT2D eigenvalue weighted by Gasteiger charge is 2.26. The monoisotopic (exact) mass is 390 g/mol. The van der Waals surface area contributed by atoms with Crippen molar-refractivity contribution in [2.24, 2.45) is 4.99 Å². The molecule has 0 amide bonds. The number of alkyl halides is 2. The van der Waals surface area contributed by atoms with Crippen LogP contribution in [0.1, 0.15) is 11.4 Å². The van der Waals surface area contributed by atoms with Gasteiger partial charge in [-0.2, -0.15) is 0 Å². The summed E-state index contributed by atoms with van der Waals surface area (Å²) in [6, 6.07) is 4.94. The molecule has 5 nitrogen and oxygen atoms in total. The van der Waals surface area contributed by atoms with Gasteiger partial charge in [0.05, 0.1) is 16.8 Å². The van der Waals surface area contributed by atoms with Gasteiger partial charge in [0, 0.05) is 12.2 Å². The number of aromatic nitrogens is 1. The molecule has 2 heterocycles. The smallest absolute Gasteiger partial charge is 0.329 e. The lowest BCUT2D eigenvalue weighted by molar-refractivity contribution is -0.137. The Balaban J connectivity index is 1.77. The summed E-state index contributed by atoms with van der Waals surface area (Å²) >= 11 is 14.2. The van der Waals surface area contributed by atoms with Gasteiger partial charge in [0.2, 0.25) is 0 Å². The molecule has 1 atom stereocenters. The molecule has 0 saturated heterocycles. The van der Waals surface area contributed by atoms with Gasteiger partial charge in [0.25, 0.3) is 0 Å². The number of hydrogen-bond acceptors (Lipinski definition) is 6. The van der Waals surface area contributed by atoms with E-state index in [1.54, 1.807) is 0 Å². The number of carboxylic acid groups (broad SMARTS) is 1. The molecule has 9 heteroatoms. The fraction of sp³-hybridized carbons (Fsp3) is 0.357. The van der Waals surface area contributed by atoms with Gasteiger partial charge < -0.3 is 9.84 Å². The van der Waals surface area contributed by atoms with Crippen LogP contribution in [-0.4, -0.2) is 44.3 Å². The van der Waals surface area contributed by atoms with Crippen LogP contribution in [0.2, 0.25) is 0 Å². The molecule has 2 aromatic rings. The molecule has 0 bridgehead atoms. The number of thioether (sulfide) groups is 1. The number of thiazole rings is 1. The maximum Gasteiger partial charge on any atom is 0.329 e. The van der Waals surface area contributed by atoms with Crippen LogP contribution in [0.5, 0.6) is 5.75 Å². The Bertz CT molecular complexity index is 764. The Morgan fingerprint density at radius 2 is 2.30 bits per heavy atom. The zero-order chi connectivity index (χ0) is 16.4. The highest BCUT2D eigenvalue weighted by Crippen LogP contribution is 2.31. The summed E-state index contributed by atoms with van der Waals surface area (Å²) < 4.78 is 6.57. The maximum atomic E-state index is 11.0. The summed E-state index contributed by atoms with van der Waals surface area (Å²) in [5.41, 5.74) is 0.840. The predicted octanol–water partition coefficient (Wildman–Crippen LogP) is 3.82. The number of ether oxygens (including phenoxy) is 1. The molecule has 1 aliphatic rings. The first-order valence-electron chi connectivity index (χ1n) is 6.78. The number of carboxylic acids is 1. The SMILES string of the molecule is O=C(O)[C@H]1CSC(c2nc3ccc(OCCC(Cl)Cl)cc3s2)=N1. The fourth-order valence-corrected chi connectivity index (χ4v) is 4.24. The molecule has 0 unspecified atom stereocenters. The van der Waals surface area contributed by atoms with E-state index >= 15 is 0 Å². The van der Waals surface area contributed by atoms with Crippen molar-refractivity contribution in [1.82, 2.24) is 4.98 Å². The van der Waals surface area contributed by atoms with Gasteiger partial charge in [-0.25, -0.2) is 9.78 Å². The molecule has 3 rings (SSSR count). The van der Waals surface area contributed by atoms with Crippen LogP contribution in [0.3, 0.4) is 0 Å². The average molecular weight is 391 g/mol. The van der Waals surface area contributed by atoms with E-state index in [1.165, 1.54) is 23.1 Å². The van der Waals surface area contributed by atoms with E-state index < -0.39 is 16.8 Å². The Morgan fingerprint density at radius 1 is 1.48 bits per heavy atom. The van der Waals surface area contributed by atoms with Crippen molar-refractivity contribution < 1.29 is 14.6 Å². The largest absolute Gasteiger partial charge is 0.493 e. The number of halogens is 2. The molecule has 1 N–H and O–H groups in total. The Hall–Kier alpha value is -1.02. The van der Waals surface area contributed by atoms with Gasteiger partial charge in [-0.15, -0.1) is 46.3 Å². The standard InChI is InChI=1S/C14H12Cl2N2O3S2/c15-11(16)3-4-21-7-1-2-8-10(5-7)23-13(17-8)12-18-9(6-22-12)14(19)20/h1-2,5,9,11H,3-4,6H2,(H,19,20)/t9-/m1/s1. The van der Waals surface area contributed by atoms with E-state index in [1.807, 2.05) is 18.2 Å². The molecule has 122 valence electrons. The van der Waals surface area contributed by atoms with Crippen LogP contribution in [-0.2, 0) is 4.79 Å². The average Bonchev–Trinajstić information content (AvgIpc) is 3.13. The molecular formula is C14H12Cl2N2O3S2. The quantitative estimate of drug-likeness (QED) is 0.759. The van der Waals surface area contributed by atoms with Crippen LogP contribution < -0.4 is 4.74 Å². The van der Waals surface area contributed by atoms with Crippen LogP contribution in [0, 0.1) is 0 Å².